The second kappa shape index (κ2) is 11.0. The van der Waals surface area contributed by atoms with Crippen LogP contribution in [0.2, 0.25) is 0 Å². The molecule has 0 saturated carbocycles. The van der Waals surface area contributed by atoms with E-state index in [1.807, 2.05) is 13.8 Å². The monoisotopic (exact) mass is 433 g/mol. The summed E-state index contributed by atoms with van der Waals surface area (Å²) in [4.78, 5) is 24.6. The number of anilines is 1. The maximum absolute atomic E-state index is 12.3. The van der Waals surface area contributed by atoms with Crippen molar-refractivity contribution in [2.24, 2.45) is 0 Å². The molecule has 2 rings (SSSR count). The molecule has 31 heavy (non-hydrogen) atoms. The standard InChI is InChI=1S/C22H27NO8/c1-13(2)31-16-8-7-14(9-17(16)26-3)22(25)30-12-20(24)23-15-10-18(27-4)21(29-6)19(11-15)28-5/h7-11,13H,12H2,1-6H3,(H,23,24). The Bertz CT molecular complexity index is 901. The molecule has 2 aromatic carbocycles. The minimum Gasteiger partial charge on any atom is -0.493 e. The molecule has 0 aromatic heterocycles. The summed E-state index contributed by atoms with van der Waals surface area (Å²) in [5.74, 6) is 0.853. The van der Waals surface area contributed by atoms with Crippen molar-refractivity contribution < 1.29 is 38.0 Å². The van der Waals surface area contributed by atoms with Crippen LogP contribution in [0.25, 0.3) is 0 Å². The van der Waals surface area contributed by atoms with Gasteiger partial charge in [-0.05, 0) is 32.0 Å². The number of carbonyl (C=O) groups is 2. The Morgan fingerprint density at radius 2 is 1.45 bits per heavy atom. The van der Waals surface area contributed by atoms with Crippen LogP contribution < -0.4 is 29.0 Å². The number of benzene rings is 2. The third-order valence-electron chi connectivity index (χ3n) is 4.04. The van der Waals surface area contributed by atoms with Gasteiger partial charge in [0, 0.05) is 17.8 Å². The van der Waals surface area contributed by atoms with E-state index < -0.39 is 18.5 Å². The third-order valence-corrected chi connectivity index (χ3v) is 4.04. The van der Waals surface area contributed by atoms with Crippen molar-refractivity contribution >= 4 is 17.6 Å². The molecule has 0 saturated heterocycles. The van der Waals surface area contributed by atoms with Gasteiger partial charge in [-0.1, -0.05) is 0 Å². The van der Waals surface area contributed by atoms with Crippen LogP contribution >= 0.6 is 0 Å². The largest absolute Gasteiger partial charge is 0.493 e. The summed E-state index contributed by atoms with van der Waals surface area (Å²) >= 11 is 0. The van der Waals surface area contributed by atoms with Crippen LogP contribution in [0.15, 0.2) is 30.3 Å². The number of ether oxygens (including phenoxy) is 6. The Morgan fingerprint density at radius 3 is 1.97 bits per heavy atom. The van der Waals surface area contributed by atoms with E-state index >= 15 is 0 Å². The van der Waals surface area contributed by atoms with E-state index in [0.717, 1.165) is 0 Å². The molecule has 9 heteroatoms. The van der Waals surface area contributed by atoms with Crippen LogP contribution in [0.5, 0.6) is 28.7 Å². The molecular weight excluding hydrogens is 406 g/mol. The summed E-state index contributed by atoms with van der Waals surface area (Å²) in [5, 5.41) is 2.63. The van der Waals surface area contributed by atoms with Gasteiger partial charge in [-0.3, -0.25) is 4.79 Å². The van der Waals surface area contributed by atoms with E-state index in [4.69, 9.17) is 28.4 Å². The van der Waals surface area contributed by atoms with Crippen molar-refractivity contribution in [1.29, 1.82) is 0 Å². The predicted octanol–water partition coefficient (Wildman–Crippen LogP) is 3.30. The van der Waals surface area contributed by atoms with Crippen molar-refractivity contribution in [3.63, 3.8) is 0 Å². The molecule has 2 aromatic rings. The number of methoxy groups -OCH3 is 4. The average Bonchev–Trinajstić information content (AvgIpc) is 2.76. The first-order valence-electron chi connectivity index (χ1n) is 9.44. The van der Waals surface area contributed by atoms with Crippen LogP contribution in [-0.2, 0) is 9.53 Å². The number of hydrogen-bond acceptors (Lipinski definition) is 8. The molecule has 9 nitrogen and oxygen atoms in total. The smallest absolute Gasteiger partial charge is 0.338 e. The minimum absolute atomic E-state index is 0.0504. The van der Waals surface area contributed by atoms with E-state index in [2.05, 4.69) is 5.32 Å². The zero-order chi connectivity index (χ0) is 23.0. The highest BCUT2D eigenvalue weighted by Gasteiger charge is 2.17. The number of esters is 1. The fourth-order valence-electron chi connectivity index (χ4n) is 2.71. The lowest BCUT2D eigenvalue weighted by molar-refractivity contribution is -0.119. The molecule has 0 spiro atoms. The maximum atomic E-state index is 12.3. The van der Waals surface area contributed by atoms with Crippen LogP contribution in [-0.4, -0.2) is 53.0 Å². The van der Waals surface area contributed by atoms with Gasteiger partial charge in [-0.2, -0.15) is 0 Å². The van der Waals surface area contributed by atoms with Gasteiger partial charge in [0.2, 0.25) is 5.75 Å². The van der Waals surface area contributed by atoms with Gasteiger partial charge in [-0.15, -0.1) is 0 Å². The Labute approximate surface area is 181 Å². The lowest BCUT2D eigenvalue weighted by Gasteiger charge is -2.15. The third kappa shape index (κ3) is 6.18. The van der Waals surface area contributed by atoms with Gasteiger partial charge < -0.3 is 33.7 Å². The average molecular weight is 433 g/mol. The van der Waals surface area contributed by atoms with Crippen molar-refractivity contribution in [2.45, 2.75) is 20.0 Å². The number of rotatable bonds is 10. The van der Waals surface area contributed by atoms with E-state index in [-0.39, 0.29) is 11.7 Å². The van der Waals surface area contributed by atoms with Crippen LogP contribution in [0.1, 0.15) is 24.2 Å². The summed E-state index contributed by atoms with van der Waals surface area (Å²) in [7, 11) is 5.89. The molecule has 0 aliphatic heterocycles. The fourth-order valence-corrected chi connectivity index (χ4v) is 2.71. The number of carbonyl (C=O) groups excluding carboxylic acids is 2. The highest BCUT2D eigenvalue weighted by atomic mass is 16.5. The molecule has 0 aliphatic carbocycles. The predicted molar refractivity (Wildman–Crippen MR) is 114 cm³/mol. The summed E-state index contributed by atoms with van der Waals surface area (Å²) < 4.78 is 31.7. The summed E-state index contributed by atoms with van der Waals surface area (Å²) in [6.07, 6.45) is -0.0504. The first-order valence-corrected chi connectivity index (χ1v) is 9.44. The molecule has 1 amide bonds. The Balaban J connectivity index is 2.04. The van der Waals surface area contributed by atoms with Gasteiger partial charge in [-0.25, -0.2) is 4.79 Å². The number of hydrogen-bond donors (Lipinski definition) is 1. The second-order valence-electron chi connectivity index (χ2n) is 6.57. The van der Waals surface area contributed by atoms with E-state index in [0.29, 0.717) is 34.4 Å². The number of nitrogens with one attached hydrogen (secondary N) is 1. The summed E-state index contributed by atoms with van der Waals surface area (Å²) in [6.45, 7) is 3.28. The molecule has 0 atom stereocenters. The van der Waals surface area contributed by atoms with Crippen LogP contribution in [0.3, 0.4) is 0 Å². The van der Waals surface area contributed by atoms with Gasteiger partial charge in [0.05, 0.1) is 40.1 Å². The first kappa shape index (κ1) is 23.7. The Kier molecular flexibility index (Phi) is 8.36. The zero-order valence-corrected chi connectivity index (χ0v) is 18.4. The van der Waals surface area contributed by atoms with Crippen molar-refractivity contribution in [2.75, 3.05) is 40.4 Å². The van der Waals surface area contributed by atoms with E-state index in [1.54, 1.807) is 24.3 Å². The molecule has 168 valence electrons. The van der Waals surface area contributed by atoms with Gasteiger partial charge in [0.15, 0.2) is 29.6 Å². The van der Waals surface area contributed by atoms with Gasteiger partial charge in [0.25, 0.3) is 5.91 Å². The maximum Gasteiger partial charge on any atom is 0.338 e. The molecule has 0 aliphatic rings. The molecule has 1 N–H and O–H groups in total. The summed E-state index contributed by atoms with van der Waals surface area (Å²) in [6, 6.07) is 7.79. The van der Waals surface area contributed by atoms with E-state index in [9.17, 15) is 9.59 Å². The Morgan fingerprint density at radius 1 is 0.839 bits per heavy atom. The van der Waals surface area contributed by atoms with E-state index in [1.165, 1.54) is 34.5 Å². The highest BCUT2D eigenvalue weighted by molar-refractivity contribution is 5.96. The fraction of sp³-hybridized carbons (Fsp3) is 0.364. The molecule has 0 heterocycles. The minimum atomic E-state index is -0.672. The lowest BCUT2D eigenvalue weighted by atomic mass is 10.2. The highest BCUT2D eigenvalue weighted by Crippen LogP contribution is 2.39. The first-order chi connectivity index (χ1) is 14.8. The molecule has 0 radical (unpaired) electrons. The molecule has 0 unspecified atom stereocenters. The molecule has 0 fully saturated rings. The van der Waals surface area contributed by atoms with Gasteiger partial charge >= 0.3 is 5.97 Å². The van der Waals surface area contributed by atoms with Crippen molar-refractivity contribution in [1.82, 2.24) is 0 Å². The van der Waals surface area contributed by atoms with Crippen molar-refractivity contribution in [3.8, 4) is 28.7 Å². The molecule has 0 bridgehead atoms. The van der Waals surface area contributed by atoms with Gasteiger partial charge in [0.1, 0.15) is 0 Å². The van der Waals surface area contributed by atoms with Crippen LogP contribution in [0.4, 0.5) is 5.69 Å². The SMILES string of the molecule is COc1cc(C(=O)OCC(=O)Nc2cc(OC)c(OC)c(OC)c2)ccc1OC(C)C. The quantitative estimate of drug-likeness (QED) is 0.570. The zero-order valence-electron chi connectivity index (χ0n) is 18.4. The topological polar surface area (TPSA) is 102 Å². The second-order valence-corrected chi connectivity index (χ2v) is 6.57. The lowest BCUT2D eigenvalue weighted by Crippen LogP contribution is -2.21. The molecular formula is C22H27NO8. The normalized spacial score (nSPS) is 10.3. The Hall–Kier alpha value is -3.62. The van der Waals surface area contributed by atoms with Crippen LogP contribution in [0, 0.1) is 0 Å². The summed E-state index contributed by atoms with van der Waals surface area (Å²) in [5.41, 5.74) is 0.626. The van der Waals surface area contributed by atoms with Crippen molar-refractivity contribution in [3.05, 3.63) is 35.9 Å². The number of amides is 1.